The summed E-state index contributed by atoms with van der Waals surface area (Å²) < 4.78 is 4.84. The van der Waals surface area contributed by atoms with E-state index in [2.05, 4.69) is 9.97 Å². The van der Waals surface area contributed by atoms with Gasteiger partial charge >= 0.3 is 0 Å². The van der Waals surface area contributed by atoms with Crippen LogP contribution in [0.5, 0.6) is 5.88 Å². The molecule has 0 aliphatic rings. The lowest BCUT2D eigenvalue weighted by Crippen LogP contribution is -1.90. The summed E-state index contributed by atoms with van der Waals surface area (Å²) >= 11 is 0. The van der Waals surface area contributed by atoms with Crippen molar-refractivity contribution in [2.75, 3.05) is 7.11 Å². The molecule has 0 N–H and O–H groups in total. The molecule has 0 atom stereocenters. The molecular formula is C8H14N2O. The van der Waals surface area contributed by atoms with Crippen molar-refractivity contribution >= 4 is 0 Å². The number of hydrogen-bond acceptors (Lipinski definition) is 3. The number of nitrogens with zero attached hydrogens (tertiary/aromatic N) is 2. The number of hydrogen-bond donors (Lipinski definition) is 0. The largest absolute Gasteiger partial charge is 0.481 e. The van der Waals surface area contributed by atoms with Gasteiger partial charge in [-0.1, -0.05) is 13.8 Å². The van der Waals surface area contributed by atoms with E-state index in [0.717, 1.165) is 5.82 Å². The maximum absolute atomic E-state index is 4.84. The first-order valence-electron chi connectivity index (χ1n) is 3.66. The van der Waals surface area contributed by atoms with Gasteiger partial charge in [0.2, 0.25) is 5.88 Å². The molecule has 62 valence electrons. The third kappa shape index (κ3) is 3.55. The normalized spacial score (nSPS) is 8.00. The van der Waals surface area contributed by atoms with Gasteiger partial charge in [0.25, 0.3) is 0 Å². The van der Waals surface area contributed by atoms with Crippen molar-refractivity contribution in [2.45, 2.75) is 20.8 Å². The van der Waals surface area contributed by atoms with Gasteiger partial charge in [0, 0.05) is 12.3 Å². The predicted molar refractivity (Wildman–Crippen MR) is 44.7 cm³/mol. The molecule has 0 saturated carbocycles. The van der Waals surface area contributed by atoms with Gasteiger partial charge in [-0.25, -0.2) is 4.98 Å². The minimum absolute atomic E-state index is 0.613. The Bertz CT molecular complexity index is 201. The van der Waals surface area contributed by atoms with E-state index < -0.39 is 0 Å². The van der Waals surface area contributed by atoms with Gasteiger partial charge in [0.05, 0.1) is 7.11 Å². The highest BCUT2D eigenvalue weighted by atomic mass is 16.5. The van der Waals surface area contributed by atoms with Crippen molar-refractivity contribution in [3.63, 3.8) is 0 Å². The number of methoxy groups -OCH3 is 1. The monoisotopic (exact) mass is 154 g/mol. The van der Waals surface area contributed by atoms with Crippen molar-refractivity contribution in [1.29, 1.82) is 0 Å². The van der Waals surface area contributed by atoms with Crippen LogP contribution in [-0.2, 0) is 0 Å². The standard InChI is InChI=1S/C6H8N2O.C2H6/c1-5-7-4-3-6(8-5)9-2;1-2/h3-4H,1-2H3;1-2H3. The van der Waals surface area contributed by atoms with Crippen LogP contribution in [0.3, 0.4) is 0 Å². The van der Waals surface area contributed by atoms with E-state index in [1.165, 1.54) is 0 Å². The number of aryl methyl sites for hydroxylation is 1. The minimum Gasteiger partial charge on any atom is -0.481 e. The first-order chi connectivity index (χ1) is 5.33. The van der Waals surface area contributed by atoms with Crippen LogP contribution in [-0.4, -0.2) is 17.1 Å². The zero-order valence-corrected chi connectivity index (χ0v) is 7.46. The Morgan fingerprint density at radius 1 is 1.36 bits per heavy atom. The van der Waals surface area contributed by atoms with Gasteiger partial charge in [-0.3, -0.25) is 0 Å². The van der Waals surface area contributed by atoms with Gasteiger partial charge in [0.15, 0.2) is 0 Å². The van der Waals surface area contributed by atoms with Crippen LogP contribution < -0.4 is 4.74 Å². The van der Waals surface area contributed by atoms with Gasteiger partial charge in [-0.15, -0.1) is 0 Å². The van der Waals surface area contributed by atoms with Crippen molar-refractivity contribution in [2.24, 2.45) is 0 Å². The van der Waals surface area contributed by atoms with E-state index in [-0.39, 0.29) is 0 Å². The molecule has 0 aliphatic carbocycles. The Labute approximate surface area is 67.4 Å². The fourth-order valence-electron chi connectivity index (χ4n) is 0.548. The third-order valence-electron chi connectivity index (χ3n) is 0.960. The van der Waals surface area contributed by atoms with E-state index in [9.17, 15) is 0 Å². The Hall–Kier alpha value is -1.12. The molecule has 0 amide bonds. The Morgan fingerprint density at radius 3 is 2.36 bits per heavy atom. The Morgan fingerprint density at radius 2 is 2.00 bits per heavy atom. The molecule has 0 fully saturated rings. The highest BCUT2D eigenvalue weighted by Gasteiger charge is 1.89. The molecule has 1 aromatic heterocycles. The second kappa shape index (κ2) is 5.65. The number of ether oxygens (including phenoxy) is 1. The van der Waals surface area contributed by atoms with Crippen molar-refractivity contribution < 1.29 is 4.74 Å². The molecule has 0 spiro atoms. The summed E-state index contributed by atoms with van der Waals surface area (Å²) in [6, 6.07) is 1.72. The fraction of sp³-hybridized carbons (Fsp3) is 0.500. The van der Waals surface area contributed by atoms with Crippen molar-refractivity contribution in [3.8, 4) is 5.88 Å². The first-order valence-corrected chi connectivity index (χ1v) is 3.66. The summed E-state index contributed by atoms with van der Waals surface area (Å²) in [6.45, 7) is 5.82. The van der Waals surface area contributed by atoms with Crippen molar-refractivity contribution in [1.82, 2.24) is 9.97 Å². The molecule has 0 bridgehead atoms. The molecule has 3 heteroatoms. The molecule has 1 aromatic rings. The molecule has 0 radical (unpaired) electrons. The second-order valence-corrected chi connectivity index (χ2v) is 1.65. The molecule has 0 aromatic carbocycles. The van der Waals surface area contributed by atoms with Gasteiger partial charge in [-0.05, 0) is 6.92 Å². The third-order valence-corrected chi connectivity index (χ3v) is 0.960. The smallest absolute Gasteiger partial charge is 0.216 e. The zero-order valence-electron chi connectivity index (χ0n) is 7.46. The van der Waals surface area contributed by atoms with Gasteiger partial charge in [-0.2, -0.15) is 4.98 Å². The lowest BCUT2D eigenvalue weighted by atomic mass is 10.6. The first kappa shape index (κ1) is 9.88. The summed E-state index contributed by atoms with van der Waals surface area (Å²) in [5.41, 5.74) is 0. The second-order valence-electron chi connectivity index (χ2n) is 1.65. The topological polar surface area (TPSA) is 35.0 Å². The van der Waals surface area contributed by atoms with Crippen LogP contribution >= 0.6 is 0 Å². The summed E-state index contributed by atoms with van der Waals surface area (Å²) in [5, 5.41) is 0. The van der Waals surface area contributed by atoms with Crippen LogP contribution in [0.25, 0.3) is 0 Å². The van der Waals surface area contributed by atoms with E-state index in [4.69, 9.17) is 4.74 Å². The lowest BCUT2D eigenvalue weighted by Gasteiger charge is -1.95. The summed E-state index contributed by atoms with van der Waals surface area (Å²) in [5.74, 6) is 1.34. The van der Waals surface area contributed by atoms with Crippen molar-refractivity contribution in [3.05, 3.63) is 18.1 Å². The van der Waals surface area contributed by atoms with Crippen LogP contribution in [0, 0.1) is 6.92 Å². The number of rotatable bonds is 1. The van der Waals surface area contributed by atoms with E-state index in [1.54, 1.807) is 19.4 Å². The predicted octanol–water partition coefficient (Wildman–Crippen LogP) is 1.82. The molecule has 0 aliphatic heterocycles. The Balaban J connectivity index is 0.000000461. The van der Waals surface area contributed by atoms with E-state index >= 15 is 0 Å². The Kier molecular flexibility index (Phi) is 5.07. The summed E-state index contributed by atoms with van der Waals surface area (Å²) in [7, 11) is 1.59. The maximum Gasteiger partial charge on any atom is 0.216 e. The molecule has 11 heavy (non-hydrogen) atoms. The van der Waals surface area contributed by atoms with Crippen LogP contribution in [0.4, 0.5) is 0 Å². The van der Waals surface area contributed by atoms with Crippen LogP contribution in [0.2, 0.25) is 0 Å². The lowest BCUT2D eigenvalue weighted by molar-refractivity contribution is 0.395. The molecule has 1 heterocycles. The average Bonchev–Trinajstić information content (AvgIpc) is 2.08. The zero-order chi connectivity index (χ0) is 8.69. The van der Waals surface area contributed by atoms with Crippen LogP contribution in [0.1, 0.15) is 19.7 Å². The van der Waals surface area contributed by atoms with E-state index in [1.807, 2.05) is 20.8 Å². The average molecular weight is 154 g/mol. The molecule has 3 nitrogen and oxygen atoms in total. The number of aromatic nitrogens is 2. The highest BCUT2D eigenvalue weighted by Crippen LogP contribution is 2.01. The fourth-order valence-corrected chi connectivity index (χ4v) is 0.548. The summed E-state index contributed by atoms with van der Waals surface area (Å²) in [4.78, 5) is 7.86. The SMILES string of the molecule is CC.COc1ccnc(C)n1. The molecule has 0 unspecified atom stereocenters. The molecular weight excluding hydrogens is 140 g/mol. The van der Waals surface area contributed by atoms with E-state index in [0.29, 0.717) is 5.88 Å². The maximum atomic E-state index is 4.84. The molecule has 1 rings (SSSR count). The minimum atomic E-state index is 0.613. The van der Waals surface area contributed by atoms with Crippen LogP contribution in [0.15, 0.2) is 12.3 Å². The highest BCUT2D eigenvalue weighted by molar-refractivity contribution is 5.06. The quantitative estimate of drug-likeness (QED) is 0.619. The molecule has 0 saturated heterocycles. The van der Waals surface area contributed by atoms with Gasteiger partial charge < -0.3 is 4.74 Å². The van der Waals surface area contributed by atoms with Gasteiger partial charge in [0.1, 0.15) is 5.82 Å². The summed E-state index contributed by atoms with van der Waals surface area (Å²) in [6.07, 6.45) is 1.67.